The minimum atomic E-state index is -0.858. The van der Waals surface area contributed by atoms with Crippen molar-refractivity contribution in [2.75, 3.05) is 25.7 Å². The first-order valence-corrected chi connectivity index (χ1v) is 10.1. The molecule has 0 amide bonds. The Morgan fingerprint density at radius 2 is 1.48 bits per heavy atom. The van der Waals surface area contributed by atoms with Crippen LogP contribution in [0.5, 0.6) is 0 Å². The highest BCUT2D eigenvalue weighted by Gasteiger charge is 2.02. The summed E-state index contributed by atoms with van der Waals surface area (Å²) >= 11 is 3.68. The largest absolute Gasteiger partial charge is 0.481 e. The van der Waals surface area contributed by atoms with E-state index in [9.17, 15) is 19.2 Å². The summed E-state index contributed by atoms with van der Waals surface area (Å²) in [4.78, 5) is 39.7. The number of rotatable bonds is 6. The molecule has 23 heavy (non-hydrogen) atoms. The van der Waals surface area contributed by atoms with E-state index >= 15 is 0 Å². The zero-order chi connectivity index (χ0) is 18.7. The Bertz CT molecular complexity index is 350. The number of thiol groups is 1. The lowest BCUT2D eigenvalue weighted by atomic mass is 10.5. The zero-order valence-electron chi connectivity index (χ0n) is 12.2. The third kappa shape index (κ3) is 34.1. The first-order chi connectivity index (χ1) is 10.7. The van der Waals surface area contributed by atoms with E-state index in [1.54, 1.807) is 0 Å². The van der Waals surface area contributed by atoms with Gasteiger partial charge < -0.3 is 19.7 Å². The Kier molecular flexibility index (Phi) is 25.7. The number of carbonyl (C=O) groups excluding carboxylic acids is 2. The molecule has 0 saturated carbocycles. The molecule has 0 fully saturated rings. The van der Waals surface area contributed by atoms with Crippen LogP contribution in [0.4, 0.5) is 9.59 Å². The molecular weight excluding hydrogens is 412 g/mol. The van der Waals surface area contributed by atoms with Crippen molar-refractivity contribution in [3.63, 3.8) is 0 Å². The van der Waals surface area contributed by atoms with Crippen molar-refractivity contribution in [1.29, 1.82) is 0 Å². The lowest BCUT2D eigenvalue weighted by molar-refractivity contribution is -0.137. The Morgan fingerprint density at radius 1 is 1.00 bits per heavy atom. The molecular formula is C10H17ClO8S4. The molecule has 0 radical (unpaired) electrons. The molecule has 13 heteroatoms. The van der Waals surface area contributed by atoms with Gasteiger partial charge in [0.05, 0.1) is 38.0 Å². The van der Waals surface area contributed by atoms with Crippen molar-refractivity contribution in [3.8, 4) is 0 Å². The number of carboxylic acids is 2. The van der Waals surface area contributed by atoms with Crippen LogP contribution in [-0.4, -0.2) is 58.5 Å². The minimum absolute atomic E-state index is 0.0641. The van der Waals surface area contributed by atoms with Crippen LogP contribution < -0.4 is 0 Å². The highest BCUT2D eigenvalue weighted by Crippen LogP contribution is 2.23. The summed E-state index contributed by atoms with van der Waals surface area (Å²) in [6.07, 6.45) is 0.220. The number of hydrogen-bond acceptors (Lipinski definition) is 10. The van der Waals surface area contributed by atoms with Gasteiger partial charge in [0.25, 0.3) is 0 Å². The van der Waals surface area contributed by atoms with Crippen LogP contribution in [0.3, 0.4) is 0 Å². The fourth-order valence-corrected chi connectivity index (χ4v) is 2.32. The molecule has 0 unspecified atom stereocenters. The van der Waals surface area contributed by atoms with E-state index in [0.717, 1.165) is 10.8 Å². The monoisotopic (exact) mass is 428 g/mol. The summed E-state index contributed by atoms with van der Waals surface area (Å²) in [7, 11) is 10.1. The second kappa shape index (κ2) is 21.6. The van der Waals surface area contributed by atoms with Crippen molar-refractivity contribution in [1.82, 2.24) is 0 Å². The average molecular weight is 429 g/mol. The first kappa shape index (κ1) is 27.4. The van der Waals surface area contributed by atoms with Crippen LogP contribution in [0.25, 0.3) is 0 Å². The van der Waals surface area contributed by atoms with Gasteiger partial charge in [-0.3, -0.25) is 9.59 Å². The second-order valence-electron chi connectivity index (χ2n) is 2.90. The maximum absolute atomic E-state index is 10.4. The molecule has 0 heterocycles. The number of carbonyl (C=O) groups is 4. The molecule has 0 aliphatic carbocycles. The quantitative estimate of drug-likeness (QED) is 0.248. The molecule has 136 valence electrons. The Morgan fingerprint density at radius 3 is 1.70 bits per heavy atom. The summed E-state index contributed by atoms with van der Waals surface area (Å²) in [6.45, 7) is 0. The van der Waals surface area contributed by atoms with Crippen LogP contribution in [0.2, 0.25) is 0 Å². The van der Waals surface area contributed by atoms with Crippen molar-refractivity contribution >= 4 is 78.4 Å². The van der Waals surface area contributed by atoms with Gasteiger partial charge in [-0.2, -0.15) is 12.6 Å². The predicted molar refractivity (Wildman–Crippen MR) is 96.7 cm³/mol. The van der Waals surface area contributed by atoms with E-state index in [1.807, 2.05) is 0 Å². The molecule has 0 rings (SSSR count). The number of aliphatic carboxylic acids is 2. The molecule has 0 atom stereocenters. The Labute approximate surface area is 155 Å². The summed E-state index contributed by atoms with van der Waals surface area (Å²) in [5, 5.41) is 15.2. The van der Waals surface area contributed by atoms with Gasteiger partial charge in [-0.25, -0.2) is 9.59 Å². The van der Waals surface area contributed by atoms with Gasteiger partial charge in [0.1, 0.15) is 0 Å². The normalized spacial score (nSPS) is 8.52. The average Bonchev–Trinajstić information content (AvgIpc) is 2.51. The lowest BCUT2D eigenvalue weighted by Gasteiger charge is -1.95. The second-order valence-corrected chi connectivity index (χ2v) is 6.65. The summed E-state index contributed by atoms with van der Waals surface area (Å²) < 4.78 is 8.40. The van der Waals surface area contributed by atoms with Gasteiger partial charge in [-0.15, -0.1) is 0 Å². The predicted octanol–water partition coefficient (Wildman–Crippen LogP) is 3.64. The van der Waals surface area contributed by atoms with Gasteiger partial charge in [0, 0.05) is 22.3 Å². The van der Waals surface area contributed by atoms with E-state index < -0.39 is 22.5 Å². The number of methoxy groups -OCH3 is 2. The molecule has 0 spiro atoms. The number of halogens is 1. The lowest BCUT2D eigenvalue weighted by Crippen LogP contribution is -1.95. The standard InChI is InChI=1S/C5H8O4S2.C3H6O2S.C2H3ClO2S/c1-9-5(8)11-10-3-2-4(6)7;4-3(5)1-2-6;1-5-2(4)6-3/h2-3H2,1H3,(H,6,7);6H,1-2H2,(H,4,5);1H3. The fraction of sp³-hybridized carbons (Fsp3) is 0.600. The van der Waals surface area contributed by atoms with E-state index in [4.69, 9.17) is 20.9 Å². The SMILES string of the molecule is COC(=O)SCl.COC(=O)SSCCC(=O)O.O=C(O)CCS. The topological polar surface area (TPSA) is 127 Å². The zero-order valence-corrected chi connectivity index (χ0v) is 16.3. The molecule has 0 saturated heterocycles. The highest BCUT2D eigenvalue weighted by atomic mass is 35.7. The molecule has 0 aliphatic rings. The van der Waals surface area contributed by atoms with Gasteiger partial charge in [-0.1, -0.05) is 10.8 Å². The maximum atomic E-state index is 10.4. The number of hydrogen-bond donors (Lipinski definition) is 3. The van der Waals surface area contributed by atoms with Crippen LogP contribution in [-0.2, 0) is 19.1 Å². The minimum Gasteiger partial charge on any atom is -0.481 e. The van der Waals surface area contributed by atoms with Crippen molar-refractivity contribution in [3.05, 3.63) is 0 Å². The van der Waals surface area contributed by atoms with Crippen LogP contribution >= 0.6 is 55.9 Å². The van der Waals surface area contributed by atoms with Gasteiger partial charge in [0.2, 0.25) is 0 Å². The summed E-state index contributed by atoms with van der Waals surface area (Å²) in [5.41, 5.74) is 0. The van der Waals surface area contributed by atoms with Crippen molar-refractivity contribution in [2.24, 2.45) is 0 Å². The molecule has 0 aromatic rings. The van der Waals surface area contributed by atoms with Crippen LogP contribution in [0.15, 0.2) is 0 Å². The Balaban J connectivity index is -0.000000284. The van der Waals surface area contributed by atoms with Crippen molar-refractivity contribution < 1.29 is 38.9 Å². The molecule has 0 bridgehead atoms. The van der Waals surface area contributed by atoms with Crippen LogP contribution in [0.1, 0.15) is 12.8 Å². The van der Waals surface area contributed by atoms with E-state index in [0.29, 0.717) is 22.5 Å². The molecule has 2 N–H and O–H groups in total. The fourth-order valence-electron chi connectivity index (χ4n) is 0.380. The van der Waals surface area contributed by atoms with Gasteiger partial charge >= 0.3 is 22.5 Å². The Hall–Kier alpha value is -0.430. The van der Waals surface area contributed by atoms with E-state index in [2.05, 4.69) is 22.1 Å². The summed E-state index contributed by atoms with van der Waals surface area (Å²) in [5.74, 6) is -0.808. The van der Waals surface area contributed by atoms with E-state index in [1.165, 1.54) is 25.0 Å². The third-order valence-electron chi connectivity index (χ3n) is 1.25. The molecule has 0 aliphatic heterocycles. The molecule has 0 aromatic carbocycles. The third-order valence-corrected chi connectivity index (χ3v) is 4.20. The number of carboxylic acid groups (broad SMARTS) is 2. The molecule has 0 aromatic heterocycles. The van der Waals surface area contributed by atoms with E-state index in [-0.39, 0.29) is 12.8 Å². The highest BCUT2D eigenvalue weighted by molar-refractivity contribution is 8.82. The van der Waals surface area contributed by atoms with Crippen molar-refractivity contribution in [2.45, 2.75) is 12.8 Å². The summed E-state index contributed by atoms with van der Waals surface area (Å²) in [6, 6.07) is 0. The van der Waals surface area contributed by atoms with Gasteiger partial charge in [-0.05, 0) is 10.7 Å². The number of ether oxygens (including phenoxy) is 2. The van der Waals surface area contributed by atoms with Gasteiger partial charge in [0.15, 0.2) is 0 Å². The van der Waals surface area contributed by atoms with Crippen LogP contribution in [0, 0.1) is 0 Å². The first-order valence-electron chi connectivity index (χ1n) is 5.53. The maximum Gasteiger partial charge on any atom is 0.382 e. The smallest absolute Gasteiger partial charge is 0.382 e. The molecule has 8 nitrogen and oxygen atoms in total.